The number of hydrogen-bond donors (Lipinski definition) is 0. The molecule has 0 spiro atoms. The second-order valence-corrected chi connectivity index (χ2v) is 2.89. The second-order valence-electron chi connectivity index (χ2n) is 2.89. The highest BCUT2D eigenvalue weighted by molar-refractivity contribution is 6.04. The summed E-state index contributed by atoms with van der Waals surface area (Å²) in [4.78, 5) is 21.6. The number of rotatable bonds is 2. The van der Waals surface area contributed by atoms with Gasteiger partial charge in [-0.25, -0.2) is 0 Å². The van der Waals surface area contributed by atoms with E-state index in [0.717, 1.165) is 5.56 Å². The van der Waals surface area contributed by atoms with Crippen LogP contribution in [-0.4, -0.2) is 11.8 Å². The number of aromatic carboxylic acids is 1. The third-order valence-electron chi connectivity index (χ3n) is 1.77. The lowest BCUT2D eigenvalue weighted by Gasteiger charge is -2.08. The topological polar surface area (TPSA) is 57.2 Å². The lowest BCUT2D eigenvalue weighted by atomic mass is 10.0. The van der Waals surface area contributed by atoms with Crippen molar-refractivity contribution in [2.45, 2.75) is 13.8 Å². The van der Waals surface area contributed by atoms with Crippen molar-refractivity contribution >= 4 is 11.8 Å². The van der Waals surface area contributed by atoms with E-state index >= 15 is 0 Å². The van der Waals surface area contributed by atoms with Gasteiger partial charge in [-0.1, -0.05) is 17.7 Å². The van der Waals surface area contributed by atoms with Gasteiger partial charge in [-0.15, -0.1) is 0 Å². The lowest BCUT2D eigenvalue weighted by molar-refractivity contribution is -0.255. The average molecular weight is 177 g/mol. The molecule has 0 bridgehead atoms. The monoisotopic (exact) mass is 177 g/mol. The Labute approximate surface area is 76.0 Å². The number of carboxylic acids is 1. The second kappa shape index (κ2) is 3.39. The maximum Gasteiger partial charge on any atom is 0.160 e. The van der Waals surface area contributed by atoms with Crippen molar-refractivity contribution < 1.29 is 14.7 Å². The van der Waals surface area contributed by atoms with E-state index in [-0.39, 0.29) is 16.9 Å². The van der Waals surface area contributed by atoms with Crippen LogP contribution in [0.15, 0.2) is 18.2 Å². The first-order valence-corrected chi connectivity index (χ1v) is 3.85. The Morgan fingerprint density at radius 3 is 2.31 bits per heavy atom. The molecular formula is C10H9O3-. The average Bonchev–Trinajstić information content (AvgIpc) is 2.03. The van der Waals surface area contributed by atoms with Crippen LogP contribution < -0.4 is 5.11 Å². The Morgan fingerprint density at radius 2 is 1.85 bits per heavy atom. The largest absolute Gasteiger partial charge is 0.545 e. The molecule has 1 aromatic carbocycles. The maximum atomic E-state index is 11.0. The summed E-state index contributed by atoms with van der Waals surface area (Å²) in [6, 6.07) is 4.58. The van der Waals surface area contributed by atoms with Crippen LogP contribution in [0.2, 0.25) is 0 Å². The van der Waals surface area contributed by atoms with Crippen LogP contribution in [0.25, 0.3) is 0 Å². The molecule has 0 aliphatic carbocycles. The summed E-state index contributed by atoms with van der Waals surface area (Å²) in [5.41, 5.74) is 1.02. The minimum absolute atomic E-state index is 0.0434. The van der Waals surface area contributed by atoms with Gasteiger partial charge in [0.2, 0.25) is 0 Å². The third kappa shape index (κ3) is 1.93. The number of ketones is 1. The van der Waals surface area contributed by atoms with E-state index in [0.29, 0.717) is 0 Å². The first-order valence-electron chi connectivity index (χ1n) is 3.85. The summed E-state index contributed by atoms with van der Waals surface area (Å²) in [6.45, 7) is 3.13. The third-order valence-corrected chi connectivity index (χ3v) is 1.77. The molecule has 0 atom stereocenters. The quantitative estimate of drug-likeness (QED) is 0.620. The standard InChI is InChI=1S/C10H10O3/c1-6-3-4-8(10(12)13)9(5-6)7(2)11/h3-5H,1-2H3,(H,12,13)/p-1. The number of carbonyl (C=O) groups is 2. The number of Topliss-reactive ketones (excluding diaryl/α,β-unsaturated/α-hetero) is 1. The maximum absolute atomic E-state index is 11.0. The van der Waals surface area contributed by atoms with E-state index in [1.54, 1.807) is 19.1 Å². The van der Waals surface area contributed by atoms with Crippen molar-refractivity contribution in [2.24, 2.45) is 0 Å². The van der Waals surface area contributed by atoms with Crippen molar-refractivity contribution in [1.29, 1.82) is 0 Å². The first-order chi connectivity index (χ1) is 6.02. The number of aryl methyl sites for hydroxylation is 1. The van der Waals surface area contributed by atoms with Crippen molar-refractivity contribution in [3.05, 3.63) is 34.9 Å². The van der Waals surface area contributed by atoms with Gasteiger partial charge >= 0.3 is 0 Å². The lowest BCUT2D eigenvalue weighted by Crippen LogP contribution is -2.24. The number of hydrogen-bond acceptors (Lipinski definition) is 3. The fourth-order valence-corrected chi connectivity index (χ4v) is 1.13. The van der Waals surface area contributed by atoms with E-state index in [4.69, 9.17) is 0 Å². The summed E-state index contributed by atoms with van der Waals surface area (Å²) < 4.78 is 0. The minimum Gasteiger partial charge on any atom is -0.545 e. The molecule has 0 aliphatic heterocycles. The summed E-state index contributed by atoms with van der Waals surface area (Å²) >= 11 is 0. The van der Waals surface area contributed by atoms with Gasteiger partial charge in [0.1, 0.15) is 0 Å². The molecule has 0 fully saturated rings. The van der Waals surface area contributed by atoms with E-state index in [2.05, 4.69) is 0 Å². The molecule has 0 saturated carbocycles. The van der Waals surface area contributed by atoms with E-state index < -0.39 is 5.97 Å². The van der Waals surface area contributed by atoms with Crippen LogP contribution in [0.4, 0.5) is 0 Å². The normalized spacial score (nSPS) is 9.69. The zero-order chi connectivity index (χ0) is 10.0. The van der Waals surface area contributed by atoms with Crippen molar-refractivity contribution in [3.8, 4) is 0 Å². The van der Waals surface area contributed by atoms with Gasteiger partial charge in [0.05, 0.1) is 5.97 Å². The van der Waals surface area contributed by atoms with Crippen LogP contribution in [0.5, 0.6) is 0 Å². The van der Waals surface area contributed by atoms with Gasteiger partial charge in [0.15, 0.2) is 5.78 Å². The SMILES string of the molecule is CC(=O)c1cc(C)ccc1C(=O)[O-]. The Morgan fingerprint density at radius 1 is 1.23 bits per heavy atom. The summed E-state index contributed by atoms with van der Waals surface area (Å²) in [6.07, 6.45) is 0. The molecule has 0 unspecified atom stereocenters. The van der Waals surface area contributed by atoms with E-state index in [1.165, 1.54) is 13.0 Å². The number of benzene rings is 1. The number of carbonyl (C=O) groups excluding carboxylic acids is 2. The highest BCUT2D eigenvalue weighted by atomic mass is 16.4. The molecule has 68 valence electrons. The molecule has 0 aromatic heterocycles. The van der Waals surface area contributed by atoms with E-state index in [9.17, 15) is 14.7 Å². The van der Waals surface area contributed by atoms with Crippen molar-refractivity contribution in [2.75, 3.05) is 0 Å². The van der Waals surface area contributed by atoms with E-state index in [1.807, 2.05) is 0 Å². The molecule has 3 nitrogen and oxygen atoms in total. The molecule has 0 saturated heterocycles. The number of carboxylic acid groups (broad SMARTS) is 1. The van der Waals surface area contributed by atoms with Crippen LogP contribution in [0, 0.1) is 6.92 Å². The highest BCUT2D eigenvalue weighted by Gasteiger charge is 2.07. The predicted molar refractivity (Wildman–Crippen MR) is 45.5 cm³/mol. The fraction of sp³-hybridized carbons (Fsp3) is 0.200. The van der Waals surface area contributed by atoms with Crippen LogP contribution in [-0.2, 0) is 0 Å². The molecular weight excluding hydrogens is 168 g/mol. The molecule has 1 aromatic rings. The van der Waals surface area contributed by atoms with Crippen molar-refractivity contribution in [1.82, 2.24) is 0 Å². The Kier molecular flexibility index (Phi) is 2.46. The molecule has 0 aliphatic rings. The van der Waals surface area contributed by atoms with Gasteiger partial charge in [-0.05, 0) is 19.9 Å². The van der Waals surface area contributed by atoms with Gasteiger partial charge in [-0.2, -0.15) is 0 Å². The van der Waals surface area contributed by atoms with Gasteiger partial charge in [-0.3, -0.25) is 4.79 Å². The zero-order valence-electron chi connectivity index (χ0n) is 7.46. The van der Waals surface area contributed by atoms with Gasteiger partial charge < -0.3 is 9.90 Å². The van der Waals surface area contributed by atoms with Crippen LogP contribution in [0.1, 0.15) is 33.2 Å². The molecule has 13 heavy (non-hydrogen) atoms. The van der Waals surface area contributed by atoms with Crippen LogP contribution in [0.3, 0.4) is 0 Å². The summed E-state index contributed by atoms with van der Waals surface area (Å²) in [7, 11) is 0. The van der Waals surface area contributed by atoms with Gasteiger partial charge in [0.25, 0.3) is 0 Å². The molecule has 3 heteroatoms. The smallest absolute Gasteiger partial charge is 0.160 e. The highest BCUT2D eigenvalue weighted by Crippen LogP contribution is 2.11. The molecule has 0 N–H and O–H groups in total. The predicted octanol–water partition coefficient (Wildman–Crippen LogP) is 0.561. The summed E-state index contributed by atoms with van der Waals surface area (Å²) in [5, 5.41) is 10.6. The molecule has 0 radical (unpaired) electrons. The van der Waals surface area contributed by atoms with Gasteiger partial charge in [0, 0.05) is 11.1 Å². The minimum atomic E-state index is -1.31. The van der Waals surface area contributed by atoms with Crippen LogP contribution >= 0.6 is 0 Å². The Hall–Kier alpha value is -1.64. The first kappa shape index (κ1) is 9.45. The Balaban J connectivity index is 3.35. The fourth-order valence-electron chi connectivity index (χ4n) is 1.13. The Bertz CT molecular complexity index is 366. The molecule has 0 amide bonds. The molecule has 0 heterocycles. The molecule has 1 rings (SSSR count). The zero-order valence-corrected chi connectivity index (χ0v) is 7.46. The van der Waals surface area contributed by atoms with Crippen molar-refractivity contribution in [3.63, 3.8) is 0 Å². The summed E-state index contributed by atoms with van der Waals surface area (Å²) in [5.74, 6) is -1.58.